The number of carbonyl (C=O) groups excluding carboxylic acids is 2. The summed E-state index contributed by atoms with van der Waals surface area (Å²) in [4.78, 5) is 36.0. The molecule has 2 N–H and O–H groups in total. The van der Waals surface area contributed by atoms with Gasteiger partial charge in [0.25, 0.3) is 12.2 Å². The number of alkyl halides is 1. The van der Waals surface area contributed by atoms with Gasteiger partial charge < -0.3 is 19.8 Å². The number of hydrogen-bond donors (Lipinski definition) is 2. The zero-order valence-corrected chi connectivity index (χ0v) is 21.5. The van der Waals surface area contributed by atoms with Crippen LogP contribution in [0, 0.1) is 6.92 Å². The van der Waals surface area contributed by atoms with Crippen LogP contribution in [-0.4, -0.2) is 78.3 Å². The summed E-state index contributed by atoms with van der Waals surface area (Å²) >= 11 is 0. The Morgan fingerprint density at radius 1 is 1.28 bits per heavy atom. The van der Waals surface area contributed by atoms with Crippen LogP contribution in [0.15, 0.2) is 34.4 Å². The Bertz CT molecular complexity index is 1060. The molecule has 2 atom stereocenters. The number of amidine groups is 1. The minimum atomic E-state index is -1.63. The van der Waals surface area contributed by atoms with Crippen molar-refractivity contribution in [2.75, 3.05) is 26.7 Å². The van der Waals surface area contributed by atoms with Crippen LogP contribution < -0.4 is 10.8 Å². The summed E-state index contributed by atoms with van der Waals surface area (Å²) < 4.78 is 20.0. The largest absolute Gasteiger partial charge is 0.444 e. The Morgan fingerprint density at radius 2 is 2.00 bits per heavy atom. The molecule has 2 amide bonds. The van der Waals surface area contributed by atoms with Crippen molar-refractivity contribution in [3.05, 3.63) is 35.4 Å². The predicted octanol–water partition coefficient (Wildman–Crippen LogP) is 2.63. The number of ether oxygens (including phenoxy) is 1. The predicted molar refractivity (Wildman–Crippen MR) is 133 cm³/mol. The number of halogens is 1. The average Bonchev–Trinajstić information content (AvgIpc) is 3.47. The smallest absolute Gasteiger partial charge is 0.407 e. The number of hydrogen-bond acceptors (Lipinski definition) is 7. The van der Waals surface area contributed by atoms with E-state index in [9.17, 15) is 14.0 Å². The SMILES string of the molecule is CN=C(NOC1=NN(CC(=O)N2CCC(NC(=O)OC(C)(C)C)C2)[C@@H]1F)C1(c2ccccc2C)CC1. The molecule has 0 radical (unpaired) electrons. The highest BCUT2D eigenvalue weighted by Crippen LogP contribution is 2.50. The Balaban J connectivity index is 1.25. The van der Waals surface area contributed by atoms with E-state index in [1.807, 2.05) is 12.1 Å². The van der Waals surface area contributed by atoms with Gasteiger partial charge in [-0.25, -0.2) is 19.7 Å². The number of alkyl carbamates (subject to hydrolysis) is 1. The van der Waals surface area contributed by atoms with Gasteiger partial charge in [-0.3, -0.25) is 9.79 Å². The van der Waals surface area contributed by atoms with Crippen molar-refractivity contribution in [2.24, 2.45) is 10.1 Å². The lowest BCUT2D eigenvalue weighted by atomic mass is 9.91. The molecule has 4 rings (SSSR count). The number of amides is 2. The normalized spacial score (nSPS) is 22.9. The first-order valence-electron chi connectivity index (χ1n) is 12.2. The van der Waals surface area contributed by atoms with E-state index in [0.29, 0.717) is 25.3 Å². The second-order valence-electron chi connectivity index (χ2n) is 10.5. The number of likely N-dealkylation sites (tertiary alicyclic amines) is 1. The van der Waals surface area contributed by atoms with Gasteiger partial charge in [-0.2, -0.15) is 0 Å². The molecule has 1 saturated carbocycles. The monoisotopic (exact) mass is 502 g/mol. The first kappa shape index (κ1) is 25.7. The second kappa shape index (κ2) is 9.94. The first-order valence-corrected chi connectivity index (χ1v) is 12.2. The molecule has 196 valence electrons. The molecule has 1 aromatic rings. The number of nitrogens with one attached hydrogen (secondary N) is 2. The number of rotatable bonds is 5. The number of aliphatic imine (C=N–C) groups is 1. The summed E-state index contributed by atoms with van der Waals surface area (Å²) in [6.07, 6.45) is 0.302. The standard InChI is InChI=1S/C25H35FN6O4/c1-16-8-6-7-9-18(16)25(11-12-25)22(27-5)30-36-21-20(26)32(29-21)15-19(33)31-13-10-17(14-31)28-23(34)35-24(2,3)4/h6-9,17,20H,10-15H2,1-5H3,(H,27,30)(H,28,34)/t17?,20-/m0/s1. The third kappa shape index (κ3) is 5.55. The Hall–Kier alpha value is -3.37. The minimum absolute atomic E-state index is 0.143. The number of hydrazone groups is 1. The van der Waals surface area contributed by atoms with Crippen molar-refractivity contribution in [1.29, 1.82) is 0 Å². The fraction of sp³-hybridized carbons (Fsp3) is 0.600. The highest BCUT2D eigenvalue weighted by atomic mass is 19.1. The lowest BCUT2D eigenvalue weighted by molar-refractivity contribution is -0.133. The van der Waals surface area contributed by atoms with Crippen LogP contribution in [0.2, 0.25) is 0 Å². The molecule has 2 fully saturated rings. The van der Waals surface area contributed by atoms with Crippen molar-refractivity contribution < 1.29 is 23.6 Å². The lowest BCUT2D eigenvalue weighted by Crippen LogP contribution is -2.52. The van der Waals surface area contributed by atoms with E-state index in [1.165, 1.54) is 5.56 Å². The molecule has 1 saturated heterocycles. The van der Waals surface area contributed by atoms with Crippen LogP contribution in [0.25, 0.3) is 0 Å². The van der Waals surface area contributed by atoms with Crippen molar-refractivity contribution in [3.63, 3.8) is 0 Å². The molecule has 11 heteroatoms. The van der Waals surface area contributed by atoms with Crippen molar-refractivity contribution in [1.82, 2.24) is 20.7 Å². The van der Waals surface area contributed by atoms with Gasteiger partial charge >= 0.3 is 6.09 Å². The quantitative estimate of drug-likeness (QED) is 0.277. The molecule has 1 unspecified atom stereocenters. The van der Waals surface area contributed by atoms with E-state index < -0.39 is 18.0 Å². The summed E-state index contributed by atoms with van der Waals surface area (Å²) in [5.41, 5.74) is 4.29. The second-order valence-corrected chi connectivity index (χ2v) is 10.5. The van der Waals surface area contributed by atoms with E-state index in [2.05, 4.69) is 39.9 Å². The summed E-state index contributed by atoms with van der Waals surface area (Å²) in [5.74, 6) is 0.214. The summed E-state index contributed by atoms with van der Waals surface area (Å²) in [6, 6.07) is 7.92. The van der Waals surface area contributed by atoms with Gasteiger partial charge in [-0.05, 0) is 58.1 Å². The van der Waals surface area contributed by atoms with Crippen molar-refractivity contribution >= 4 is 23.7 Å². The van der Waals surface area contributed by atoms with Crippen LogP contribution in [0.3, 0.4) is 0 Å². The van der Waals surface area contributed by atoms with Crippen molar-refractivity contribution in [3.8, 4) is 0 Å². The Kier molecular flexibility index (Phi) is 7.10. The van der Waals surface area contributed by atoms with Crippen LogP contribution >= 0.6 is 0 Å². The number of nitrogens with zero attached hydrogens (tertiary/aromatic N) is 4. The molecular formula is C25H35FN6O4. The van der Waals surface area contributed by atoms with Gasteiger partial charge in [-0.15, -0.1) is 5.10 Å². The summed E-state index contributed by atoms with van der Waals surface area (Å²) in [5, 5.41) is 7.84. The highest BCUT2D eigenvalue weighted by Gasteiger charge is 2.51. The molecule has 0 spiro atoms. The van der Waals surface area contributed by atoms with Crippen LogP contribution in [0.4, 0.5) is 9.18 Å². The van der Waals surface area contributed by atoms with Crippen LogP contribution in [-0.2, 0) is 19.8 Å². The molecule has 10 nitrogen and oxygen atoms in total. The van der Waals surface area contributed by atoms with E-state index in [1.54, 1.807) is 32.7 Å². The zero-order valence-electron chi connectivity index (χ0n) is 21.5. The molecule has 2 heterocycles. The molecule has 3 aliphatic rings. The zero-order chi connectivity index (χ0) is 26.1. The van der Waals surface area contributed by atoms with Gasteiger partial charge in [-0.1, -0.05) is 24.3 Å². The molecule has 2 aliphatic heterocycles. The maximum Gasteiger partial charge on any atom is 0.407 e. The van der Waals surface area contributed by atoms with E-state index in [4.69, 9.17) is 9.57 Å². The van der Waals surface area contributed by atoms with Gasteiger partial charge in [0.2, 0.25) is 5.91 Å². The fourth-order valence-electron chi connectivity index (χ4n) is 4.62. The minimum Gasteiger partial charge on any atom is -0.444 e. The molecular weight excluding hydrogens is 467 g/mol. The van der Waals surface area contributed by atoms with Crippen LogP contribution in [0.1, 0.15) is 51.2 Å². The van der Waals surface area contributed by atoms with E-state index in [0.717, 1.165) is 23.4 Å². The third-order valence-corrected chi connectivity index (χ3v) is 6.59. The fourth-order valence-corrected chi connectivity index (χ4v) is 4.62. The van der Waals surface area contributed by atoms with Gasteiger partial charge in [0.1, 0.15) is 18.0 Å². The van der Waals surface area contributed by atoms with Gasteiger partial charge in [0.05, 0.1) is 11.5 Å². The maximum atomic E-state index is 14.7. The van der Waals surface area contributed by atoms with Gasteiger partial charge in [0.15, 0.2) is 0 Å². The summed E-state index contributed by atoms with van der Waals surface area (Å²) in [6.45, 7) is 8.02. The number of hydroxylamine groups is 1. The maximum absolute atomic E-state index is 14.7. The number of aryl methyl sites for hydroxylation is 1. The van der Waals surface area contributed by atoms with E-state index >= 15 is 0 Å². The lowest BCUT2D eigenvalue weighted by Gasteiger charge is -2.33. The topological polar surface area (TPSA) is 108 Å². The Morgan fingerprint density at radius 3 is 2.61 bits per heavy atom. The number of carbonyl (C=O) groups is 2. The molecule has 0 bridgehead atoms. The molecule has 1 aliphatic carbocycles. The van der Waals surface area contributed by atoms with Crippen molar-refractivity contribution in [2.45, 2.75) is 70.3 Å². The average molecular weight is 503 g/mol. The number of benzene rings is 1. The first-order chi connectivity index (χ1) is 17.0. The Labute approximate surface area is 210 Å². The van der Waals surface area contributed by atoms with Crippen LogP contribution in [0.5, 0.6) is 0 Å². The van der Waals surface area contributed by atoms with E-state index in [-0.39, 0.29) is 29.8 Å². The highest BCUT2D eigenvalue weighted by molar-refractivity contribution is 5.97. The summed E-state index contributed by atoms with van der Waals surface area (Å²) in [7, 11) is 1.67. The molecule has 1 aromatic carbocycles. The molecule has 36 heavy (non-hydrogen) atoms. The van der Waals surface area contributed by atoms with Gasteiger partial charge in [0, 0.05) is 20.1 Å². The molecule has 0 aromatic heterocycles. The third-order valence-electron chi connectivity index (χ3n) is 6.59.